The molecule has 19 heavy (non-hydrogen) atoms. The zero-order valence-corrected chi connectivity index (χ0v) is 13.0. The lowest BCUT2D eigenvalue weighted by atomic mass is 10.1. The lowest BCUT2D eigenvalue weighted by Crippen LogP contribution is -2.26. The highest BCUT2D eigenvalue weighted by Crippen LogP contribution is 2.20. The van der Waals surface area contributed by atoms with Crippen molar-refractivity contribution in [3.63, 3.8) is 0 Å². The molecule has 1 rings (SSSR count). The van der Waals surface area contributed by atoms with Crippen LogP contribution < -0.4 is 10.5 Å². The Bertz CT molecular complexity index is 537. The van der Waals surface area contributed by atoms with Crippen LogP contribution in [-0.4, -0.2) is 15.0 Å². The molecule has 0 aliphatic rings. The zero-order chi connectivity index (χ0) is 14.6. The molecule has 0 saturated carbocycles. The van der Waals surface area contributed by atoms with Crippen LogP contribution in [-0.2, 0) is 16.6 Å². The molecule has 0 amide bonds. The molecule has 0 fully saturated rings. The molecule has 0 radical (unpaired) electrons. The molecule has 0 heterocycles. The first-order chi connectivity index (χ1) is 8.77. The topological polar surface area (TPSA) is 72.2 Å². The summed E-state index contributed by atoms with van der Waals surface area (Å²) in [5, 5.41) is 0. The lowest BCUT2D eigenvalue weighted by Gasteiger charge is -2.13. The fraction of sp³-hybridized carbons (Fsp3) is 0.571. The molecular weight excluding hydrogens is 260 g/mol. The number of hydrogen-bond donors (Lipinski definition) is 2. The molecule has 0 aliphatic carbocycles. The summed E-state index contributed by atoms with van der Waals surface area (Å²) in [5.74, 6) is 0.474. The predicted octanol–water partition coefficient (Wildman–Crippen LogP) is 2.09. The highest BCUT2D eigenvalue weighted by molar-refractivity contribution is 7.89. The van der Waals surface area contributed by atoms with Gasteiger partial charge in [-0.2, -0.15) is 0 Å². The SMILES string of the molecule is Cc1cc(C)c(S(=O)(=O)NCCC(C)C)cc1CN. The van der Waals surface area contributed by atoms with Crippen LogP contribution in [0.25, 0.3) is 0 Å². The third-order valence-corrected chi connectivity index (χ3v) is 4.76. The molecule has 5 heteroatoms. The van der Waals surface area contributed by atoms with Gasteiger partial charge in [-0.1, -0.05) is 19.9 Å². The monoisotopic (exact) mass is 284 g/mol. The molecule has 1 aromatic carbocycles. The number of aryl methyl sites for hydroxylation is 2. The molecule has 0 aliphatic heterocycles. The van der Waals surface area contributed by atoms with Gasteiger partial charge >= 0.3 is 0 Å². The van der Waals surface area contributed by atoms with E-state index in [0.29, 0.717) is 23.9 Å². The minimum absolute atomic E-state index is 0.335. The molecule has 0 saturated heterocycles. The second kappa shape index (κ2) is 6.50. The number of benzene rings is 1. The average molecular weight is 284 g/mol. The summed E-state index contributed by atoms with van der Waals surface area (Å²) in [5.41, 5.74) is 8.29. The van der Waals surface area contributed by atoms with Crippen molar-refractivity contribution < 1.29 is 8.42 Å². The fourth-order valence-corrected chi connectivity index (χ4v) is 3.27. The van der Waals surface area contributed by atoms with Gasteiger partial charge in [-0.3, -0.25) is 0 Å². The molecular formula is C14H24N2O2S. The van der Waals surface area contributed by atoms with Crippen LogP contribution in [0.15, 0.2) is 17.0 Å². The first kappa shape index (κ1) is 16.1. The van der Waals surface area contributed by atoms with E-state index in [1.165, 1.54) is 0 Å². The number of sulfonamides is 1. The summed E-state index contributed by atoms with van der Waals surface area (Å²) in [6.07, 6.45) is 0.827. The Hall–Kier alpha value is -0.910. The van der Waals surface area contributed by atoms with Crippen LogP contribution in [0.2, 0.25) is 0 Å². The van der Waals surface area contributed by atoms with Crippen molar-refractivity contribution in [2.45, 2.75) is 45.6 Å². The minimum Gasteiger partial charge on any atom is -0.326 e. The fourth-order valence-electron chi connectivity index (χ4n) is 1.94. The van der Waals surface area contributed by atoms with Crippen molar-refractivity contribution in [3.8, 4) is 0 Å². The van der Waals surface area contributed by atoms with Crippen LogP contribution in [0.3, 0.4) is 0 Å². The van der Waals surface area contributed by atoms with E-state index >= 15 is 0 Å². The van der Waals surface area contributed by atoms with Crippen LogP contribution in [0.5, 0.6) is 0 Å². The summed E-state index contributed by atoms with van der Waals surface area (Å²) >= 11 is 0. The molecule has 108 valence electrons. The van der Waals surface area contributed by atoms with Gasteiger partial charge in [0.1, 0.15) is 0 Å². The third-order valence-electron chi connectivity index (χ3n) is 3.16. The smallest absolute Gasteiger partial charge is 0.240 e. The summed E-state index contributed by atoms with van der Waals surface area (Å²) in [4.78, 5) is 0.335. The van der Waals surface area contributed by atoms with Crippen molar-refractivity contribution in [3.05, 3.63) is 28.8 Å². The van der Waals surface area contributed by atoms with Gasteiger partial charge in [-0.05, 0) is 48.9 Å². The molecule has 0 spiro atoms. The van der Waals surface area contributed by atoms with Gasteiger partial charge in [0.2, 0.25) is 10.0 Å². The standard InChI is InChI=1S/C14H24N2O2S/c1-10(2)5-6-16-19(17,18)14-8-13(9-15)11(3)7-12(14)4/h7-8,10,16H,5-6,9,15H2,1-4H3. The summed E-state index contributed by atoms with van der Waals surface area (Å²) in [6.45, 7) is 8.70. The summed E-state index contributed by atoms with van der Waals surface area (Å²) < 4.78 is 27.2. The Balaban J connectivity index is 3.01. The second-order valence-electron chi connectivity index (χ2n) is 5.33. The second-order valence-corrected chi connectivity index (χ2v) is 7.06. The third kappa shape index (κ3) is 4.30. The normalized spacial score (nSPS) is 12.1. The molecule has 0 aromatic heterocycles. The Morgan fingerprint density at radius 3 is 2.37 bits per heavy atom. The zero-order valence-electron chi connectivity index (χ0n) is 12.2. The van der Waals surface area contributed by atoms with Crippen molar-refractivity contribution in [1.29, 1.82) is 0 Å². The molecule has 0 atom stereocenters. The first-order valence-electron chi connectivity index (χ1n) is 6.57. The number of rotatable bonds is 6. The maximum absolute atomic E-state index is 12.3. The van der Waals surface area contributed by atoms with E-state index in [9.17, 15) is 8.42 Å². The van der Waals surface area contributed by atoms with Crippen LogP contribution in [0, 0.1) is 19.8 Å². The first-order valence-corrected chi connectivity index (χ1v) is 8.06. The molecule has 0 unspecified atom stereocenters. The highest BCUT2D eigenvalue weighted by Gasteiger charge is 2.17. The minimum atomic E-state index is -3.44. The van der Waals surface area contributed by atoms with E-state index in [1.807, 2.05) is 19.9 Å². The van der Waals surface area contributed by atoms with Crippen LogP contribution in [0.4, 0.5) is 0 Å². The van der Waals surface area contributed by atoms with Crippen LogP contribution >= 0.6 is 0 Å². The van der Waals surface area contributed by atoms with Gasteiger partial charge < -0.3 is 5.73 Å². The lowest BCUT2D eigenvalue weighted by molar-refractivity contribution is 0.551. The largest absolute Gasteiger partial charge is 0.326 e. The Morgan fingerprint density at radius 1 is 1.21 bits per heavy atom. The highest BCUT2D eigenvalue weighted by atomic mass is 32.2. The maximum Gasteiger partial charge on any atom is 0.240 e. The van der Waals surface area contributed by atoms with E-state index in [2.05, 4.69) is 18.6 Å². The van der Waals surface area contributed by atoms with Crippen molar-refractivity contribution in [1.82, 2.24) is 4.72 Å². The average Bonchev–Trinajstić information content (AvgIpc) is 2.27. The Labute approximate surface area is 116 Å². The molecule has 4 nitrogen and oxygen atoms in total. The maximum atomic E-state index is 12.3. The number of hydrogen-bond acceptors (Lipinski definition) is 3. The van der Waals surface area contributed by atoms with E-state index in [-0.39, 0.29) is 0 Å². The van der Waals surface area contributed by atoms with Gasteiger partial charge in [0.05, 0.1) is 4.90 Å². The molecule has 1 aromatic rings. The van der Waals surface area contributed by atoms with E-state index in [4.69, 9.17) is 5.73 Å². The van der Waals surface area contributed by atoms with E-state index in [0.717, 1.165) is 23.1 Å². The Kier molecular flexibility index (Phi) is 5.52. The molecule has 0 bridgehead atoms. The van der Waals surface area contributed by atoms with Crippen molar-refractivity contribution in [2.75, 3.05) is 6.54 Å². The van der Waals surface area contributed by atoms with E-state index < -0.39 is 10.0 Å². The summed E-state index contributed by atoms with van der Waals surface area (Å²) in [7, 11) is -3.44. The van der Waals surface area contributed by atoms with Gasteiger partial charge in [0, 0.05) is 13.1 Å². The quantitative estimate of drug-likeness (QED) is 0.840. The van der Waals surface area contributed by atoms with Crippen molar-refractivity contribution >= 4 is 10.0 Å². The number of nitrogens with one attached hydrogen (secondary N) is 1. The van der Waals surface area contributed by atoms with Gasteiger partial charge in [0.15, 0.2) is 0 Å². The van der Waals surface area contributed by atoms with Gasteiger partial charge in [-0.15, -0.1) is 0 Å². The summed E-state index contributed by atoms with van der Waals surface area (Å²) in [6, 6.07) is 3.56. The Morgan fingerprint density at radius 2 is 1.84 bits per heavy atom. The van der Waals surface area contributed by atoms with E-state index in [1.54, 1.807) is 6.07 Å². The molecule has 3 N–H and O–H groups in total. The van der Waals surface area contributed by atoms with Gasteiger partial charge in [0.25, 0.3) is 0 Å². The van der Waals surface area contributed by atoms with Crippen LogP contribution in [0.1, 0.15) is 37.0 Å². The van der Waals surface area contributed by atoms with Gasteiger partial charge in [-0.25, -0.2) is 13.1 Å². The number of nitrogens with two attached hydrogens (primary N) is 1. The predicted molar refractivity (Wildman–Crippen MR) is 78.5 cm³/mol. The van der Waals surface area contributed by atoms with Crippen molar-refractivity contribution in [2.24, 2.45) is 11.7 Å².